The van der Waals surface area contributed by atoms with Crippen LogP contribution in [0.5, 0.6) is 0 Å². The van der Waals surface area contributed by atoms with Crippen LogP contribution in [0.1, 0.15) is 57.3 Å². The van der Waals surface area contributed by atoms with Crippen molar-refractivity contribution in [1.82, 2.24) is 0 Å². The Hall–Kier alpha value is -1.86. The maximum atomic E-state index is 13.1. The van der Waals surface area contributed by atoms with Gasteiger partial charge in [0, 0.05) is 4.88 Å². The van der Waals surface area contributed by atoms with Crippen LogP contribution in [-0.4, -0.2) is 21.0 Å². The lowest BCUT2D eigenvalue weighted by Crippen LogP contribution is -2.18. The summed E-state index contributed by atoms with van der Waals surface area (Å²) < 4.78 is 34.2. The van der Waals surface area contributed by atoms with Crippen molar-refractivity contribution in [2.45, 2.75) is 58.3 Å². The Kier molecular flexibility index (Phi) is 5.63. The molecule has 1 N–H and O–H groups in total. The number of anilines is 1. The van der Waals surface area contributed by atoms with Crippen LogP contribution in [0.2, 0.25) is 0 Å². The van der Waals surface area contributed by atoms with Crippen LogP contribution in [0.3, 0.4) is 0 Å². The van der Waals surface area contributed by atoms with Crippen LogP contribution < -0.4 is 4.72 Å². The molecule has 1 aromatic carbocycles. The Morgan fingerprint density at radius 2 is 1.78 bits per heavy atom. The fourth-order valence-corrected chi connectivity index (χ4v) is 6.86. The van der Waals surface area contributed by atoms with Gasteiger partial charge in [0.05, 0.1) is 17.1 Å². The molecule has 2 aromatic rings. The van der Waals surface area contributed by atoms with Gasteiger partial charge in [-0.2, -0.15) is 0 Å². The predicted octanol–water partition coefficient (Wildman–Crippen LogP) is 4.53. The first-order valence-electron chi connectivity index (χ1n) is 9.17. The SMILES string of the molecule is CCOC(=O)c1c(NS(=O)(=O)c2c(C)cc(C)cc2C)sc2c1CCCC2. The average Bonchev–Trinajstić information content (AvgIpc) is 2.90. The van der Waals surface area contributed by atoms with E-state index < -0.39 is 16.0 Å². The molecule has 0 aliphatic heterocycles. The van der Waals surface area contributed by atoms with E-state index in [0.717, 1.165) is 41.7 Å². The Bertz CT molecular complexity index is 967. The molecule has 1 aromatic heterocycles. The largest absolute Gasteiger partial charge is 0.462 e. The van der Waals surface area contributed by atoms with E-state index in [0.29, 0.717) is 21.7 Å². The molecule has 0 fully saturated rings. The van der Waals surface area contributed by atoms with Crippen molar-refractivity contribution in [2.75, 3.05) is 11.3 Å². The number of benzene rings is 1. The summed E-state index contributed by atoms with van der Waals surface area (Å²) in [6.45, 7) is 7.53. The van der Waals surface area contributed by atoms with Gasteiger partial charge < -0.3 is 4.74 Å². The number of rotatable bonds is 5. The van der Waals surface area contributed by atoms with Crippen molar-refractivity contribution in [3.05, 3.63) is 44.8 Å². The molecule has 3 rings (SSSR count). The number of thiophene rings is 1. The Balaban J connectivity index is 2.07. The first-order valence-corrected chi connectivity index (χ1v) is 11.5. The summed E-state index contributed by atoms with van der Waals surface area (Å²) in [4.78, 5) is 13.9. The van der Waals surface area contributed by atoms with Gasteiger partial charge in [-0.3, -0.25) is 4.72 Å². The zero-order valence-electron chi connectivity index (χ0n) is 16.1. The molecule has 5 nitrogen and oxygen atoms in total. The fourth-order valence-electron chi connectivity index (χ4n) is 3.82. The summed E-state index contributed by atoms with van der Waals surface area (Å²) in [5.41, 5.74) is 3.74. The molecule has 0 radical (unpaired) electrons. The Morgan fingerprint density at radius 3 is 2.41 bits per heavy atom. The molecular weight excluding hydrogens is 382 g/mol. The van der Waals surface area contributed by atoms with E-state index in [1.54, 1.807) is 20.8 Å². The second-order valence-corrected chi connectivity index (χ2v) is 9.69. The minimum absolute atomic E-state index is 0.256. The van der Waals surface area contributed by atoms with Crippen LogP contribution in [0.25, 0.3) is 0 Å². The van der Waals surface area contributed by atoms with Crippen molar-refractivity contribution in [2.24, 2.45) is 0 Å². The second-order valence-electron chi connectivity index (χ2n) is 6.97. The average molecular weight is 408 g/mol. The van der Waals surface area contributed by atoms with Crippen LogP contribution >= 0.6 is 11.3 Å². The molecule has 1 aliphatic carbocycles. The lowest BCUT2D eigenvalue weighted by Gasteiger charge is -2.14. The normalized spacial score (nSPS) is 13.9. The molecule has 1 aliphatic rings. The van der Waals surface area contributed by atoms with Gasteiger partial charge in [-0.25, -0.2) is 13.2 Å². The molecule has 0 bridgehead atoms. The van der Waals surface area contributed by atoms with Gasteiger partial charge in [0.1, 0.15) is 5.00 Å². The van der Waals surface area contributed by atoms with Crippen molar-refractivity contribution >= 4 is 32.3 Å². The molecule has 7 heteroatoms. The van der Waals surface area contributed by atoms with E-state index in [1.165, 1.54) is 11.3 Å². The number of carbonyl (C=O) groups is 1. The van der Waals surface area contributed by atoms with E-state index in [2.05, 4.69) is 4.72 Å². The number of hydrogen-bond acceptors (Lipinski definition) is 5. The predicted molar refractivity (Wildman–Crippen MR) is 108 cm³/mol. The highest BCUT2D eigenvalue weighted by molar-refractivity contribution is 7.93. The van der Waals surface area contributed by atoms with Gasteiger partial charge in [-0.15, -0.1) is 11.3 Å². The van der Waals surface area contributed by atoms with Gasteiger partial charge in [0.15, 0.2) is 0 Å². The van der Waals surface area contributed by atoms with Crippen molar-refractivity contribution in [1.29, 1.82) is 0 Å². The molecule has 146 valence electrons. The number of hydrogen-bond donors (Lipinski definition) is 1. The number of carbonyl (C=O) groups excluding carboxylic acids is 1. The summed E-state index contributed by atoms with van der Waals surface area (Å²) in [7, 11) is -3.81. The molecule has 0 saturated heterocycles. The Morgan fingerprint density at radius 1 is 1.15 bits per heavy atom. The smallest absolute Gasteiger partial charge is 0.341 e. The minimum Gasteiger partial charge on any atom is -0.462 e. The van der Waals surface area contributed by atoms with E-state index in [9.17, 15) is 13.2 Å². The lowest BCUT2D eigenvalue weighted by molar-refractivity contribution is 0.0526. The first kappa shape index (κ1) is 19.9. The highest BCUT2D eigenvalue weighted by atomic mass is 32.2. The molecular formula is C20H25NO4S2. The summed E-state index contributed by atoms with van der Waals surface area (Å²) in [5, 5.41) is 0.375. The number of nitrogens with one attached hydrogen (secondary N) is 1. The van der Waals surface area contributed by atoms with Gasteiger partial charge >= 0.3 is 5.97 Å². The van der Waals surface area contributed by atoms with Crippen molar-refractivity contribution in [3.8, 4) is 0 Å². The summed E-state index contributed by atoms with van der Waals surface area (Å²) >= 11 is 1.36. The number of sulfonamides is 1. The molecule has 0 unspecified atom stereocenters. The zero-order chi connectivity index (χ0) is 19.8. The topological polar surface area (TPSA) is 72.5 Å². The maximum absolute atomic E-state index is 13.1. The van der Waals surface area contributed by atoms with Gasteiger partial charge in [-0.05, 0) is 70.1 Å². The van der Waals surface area contributed by atoms with Crippen molar-refractivity contribution in [3.63, 3.8) is 0 Å². The molecule has 0 amide bonds. The zero-order valence-corrected chi connectivity index (χ0v) is 17.8. The highest BCUT2D eigenvalue weighted by Gasteiger charge is 2.30. The van der Waals surface area contributed by atoms with Crippen molar-refractivity contribution < 1.29 is 17.9 Å². The van der Waals surface area contributed by atoms with Gasteiger partial charge in [0.25, 0.3) is 10.0 Å². The Labute approximate surface area is 164 Å². The third kappa shape index (κ3) is 3.89. The summed E-state index contributed by atoms with van der Waals surface area (Å²) in [6, 6.07) is 3.71. The summed E-state index contributed by atoms with van der Waals surface area (Å²) in [5.74, 6) is -0.452. The van der Waals surface area contributed by atoms with Crippen LogP contribution in [0.4, 0.5) is 5.00 Å². The van der Waals surface area contributed by atoms with E-state index in [-0.39, 0.29) is 11.5 Å². The third-order valence-corrected chi connectivity index (χ3v) is 7.74. The number of fused-ring (bicyclic) bond motifs is 1. The summed E-state index contributed by atoms with van der Waals surface area (Å²) in [6.07, 6.45) is 3.71. The first-order chi connectivity index (χ1) is 12.7. The maximum Gasteiger partial charge on any atom is 0.341 e. The molecule has 0 saturated carbocycles. The number of ether oxygens (including phenoxy) is 1. The quantitative estimate of drug-likeness (QED) is 0.739. The van der Waals surface area contributed by atoms with Gasteiger partial charge in [0.2, 0.25) is 0 Å². The van der Waals surface area contributed by atoms with Crippen LogP contribution in [0.15, 0.2) is 17.0 Å². The molecule has 27 heavy (non-hydrogen) atoms. The lowest BCUT2D eigenvalue weighted by atomic mass is 9.95. The highest BCUT2D eigenvalue weighted by Crippen LogP contribution is 2.40. The minimum atomic E-state index is -3.81. The molecule has 0 atom stereocenters. The van der Waals surface area contributed by atoms with Gasteiger partial charge in [-0.1, -0.05) is 17.7 Å². The van der Waals surface area contributed by atoms with Crippen LogP contribution in [-0.2, 0) is 27.6 Å². The van der Waals surface area contributed by atoms with E-state index in [1.807, 2.05) is 19.1 Å². The number of aryl methyl sites for hydroxylation is 4. The third-order valence-electron chi connectivity index (χ3n) is 4.75. The standard InChI is InChI=1S/C20H25NO4S2/c1-5-25-20(22)17-15-8-6-7-9-16(15)26-19(17)21-27(23,24)18-13(3)10-12(2)11-14(18)4/h10-11,21H,5-9H2,1-4H3. The van der Waals surface area contributed by atoms with Crippen LogP contribution in [0, 0.1) is 20.8 Å². The second kappa shape index (κ2) is 7.64. The molecule has 1 heterocycles. The van der Waals surface area contributed by atoms with E-state index in [4.69, 9.17) is 4.74 Å². The number of esters is 1. The fraction of sp³-hybridized carbons (Fsp3) is 0.450. The van der Waals surface area contributed by atoms with E-state index >= 15 is 0 Å². The molecule has 0 spiro atoms. The monoisotopic (exact) mass is 407 g/mol.